The van der Waals surface area contributed by atoms with Crippen LogP contribution in [0.5, 0.6) is 0 Å². The van der Waals surface area contributed by atoms with Crippen molar-refractivity contribution in [1.29, 1.82) is 0 Å². The van der Waals surface area contributed by atoms with E-state index >= 15 is 0 Å². The lowest BCUT2D eigenvalue weighted by Crippen LogP contribution is -2.24. The van der Waals surface area contributed by atoms with Gasteiger partial charge in [-0.15, -0.1) is 0 Å². The molecule has 1 atom stereocenters. The molecule has 1 unspecified atom stereocenters. The Hall–Kier alpha value is -1.36. The normalized spacial score (nSPS) is 12.9. The fourth-order valence-corrected chi connectivity index (χ4v) is 2.16. The molecule has 0 aromatic carbocycles. The minimum Gasteiger partial charge on any atom is -0.469 e. The first kappa shape index (κ1) is 13.7. The average Bonchev–Trinajstić information content (AvgIpc) is 2.57. The van der Waals surface area contributed by atoms with E-state index in [9.17, 15) is 4.79 Å². The SMILES string of the molecule is COC(=O)C(CN)c1c(C)nn(C(C)C)c1C. The van der Waals surface area contributed by atoms with E-state index in [0.29, 0.717) is 0 Å². The van der Waals surface area contributed by atoms with Crippen LogP contribution in [0, 0.1) is 13.8 Å². The summed E-state index contributed by atoms with van der Waals surface area (Å²) in [5.74, 6) is -0.727. The zero-order chi connectivity index (χ0) is 13.2. The van der Waals surface area contributed by atoms with E-state index in [4.69, 9.17) is 10.5 Å². The molecule has 0 spiro atoms. The smallest absolute Gasteiger partial charge is 0.314 e. The lowest BCUT2D eigenvalue weighted by Gasteiger charge is -2.14. The number of hydrogen-bond acceptors (Lipinski definition) is 4. The van der Waals surface area contributed by atoms with E-state index in [2.05, 4.69) is 18.9 Å². The zero-order valence-corrected chi connectivity index (χ0v) is 11.2. The topological polar surface area (TPSA) is 70.1 Å². The molecule has 96 valence electrons. The third-order valence-corrected chi connectivity index (χ3v) is 2.94. The Morgan fingerprint density at radius 1 is 1.47 bits per heavy atom. The number of methoxy groups -OCH3 is 1. The van der Waals surface area contributed by atoms with E-state index in [1.807, 2.05) is 18.5 Å². The summed E-state index contributed by atoms with van der Waals surface area (Å²) in [6.45, 7) is 8.20. The predicted octanol–water partition coefficient (Wildman–Crippen LogP) is 1.30. The van der Waals surface area contributed by atoms with Crippen LogP contribution >= 0.6 is 0 Å². The summed E-state index contributed by atoms with van der Waals surface area (Å²) in [5.41, 5.74) is 8.39. The van der Waals surface area contributed by atoms with Crippen molar-refractivity contribution in [2.75, 3.05) is 13.7 Å². The third-order valence-electron chi connectivity index (χ3n) is 2.94. The molecule has 0 saturated carbocycles. The molecule has 0 radical (unpaired) electrons. The van der Waals surface area contributed by atoms with Gasteiger partial charge >= 0.3 is 5.97 Å². The number of ether oxygens (including phenoxy) is 1. The van der Waals surface area contributed by atoms with Crippen molar-refractivity contribution in [2.24, 2.45) is 5.73 Å². The van der Waals surface area contributed by atoms with Crippen LogP contribution in [0.15, 0.2) is 0 Å². The largest absolute Gasteiger partial charge is 0.469 e. The van der Waals surface area contributed by atoms with Crippen molar-refractivity contribution >= 4 is 5.97 Å². The van der Waals surface area contributed by atoms with Crippen LogP contribution < -0.4 is 5.73 Å². The first-order valence-corrected chi connectivity index (χ1v) is 5.77. The number of nitrogens with two attached hydrogens (primary N) is 1. The van der Waals surface area contributed by atoms with Crippen molar-refractivity contribution in [3.63, 3.8) is 0 Å². The fourth-order valence-electron chi connectivity index (χ4n) is 2.16. The molecule has 0 amide bonds. The van der Waals surface area contributed by atoms with Gasteiger partial charge < -0.3 is 10.5 Å². The van der Waals surface area contributed by atoms with Gasteiger partial charge in [0.15, 0.2) is 0 Å². The lowest BCUT2D eigenvalue weighted by molar-refractivity contribution is -0.142. The van der Waals surface area contributed by atoms with Crippen LogP contribution in [0.3, 0.4) is 0 Å². The molecule has 0 aliphatic carbocycles. The second-order valence-electron chi connectivity index (χ2n) is 4.43. The first-order valence-electron chi connectivity index (χ1n) is 5.77. The standard InChI is InChI=1S/C12H21N3O2/c1-7(2)15-9(4)11(8(3)14-15)10(6-13)12(16)17-5/h7,10H,6,13H2,1-5H3. The summed E-state index contributed by atoms with van der Waals surface area (Å²) in [5, 5.41) is 4.45. The molecule has 1 heterocycles. The van der Waals surface area contributed by atoms with Gasteiger partial charge in [-0.25, -0.2) is 0 Å². The minimum absolute atomic E-state index is 0.234. The molecule has 5 heteroatoms. The first-order chi connectivity index (χ1) is 7.93. The van der Waals surface area contributed by atoms with Gasteiger partial charge in [-0.2, -0.15) is 5.10 Å². The van der Waals surface area contributed by atoms with Crippen LogP contribution in [0.25, 0.3) is 0 Å². The predicted molar refractivity (Wildman–Crippen MR) is 65.9 cm³/mol. The second kappa shape index (κ2) is 5.31. The number of hydrogen-bond donors (Lipinski definition) is 1. The molecule has 0 aliphatic rings. The summed E-state index contributed by atoms with van der Waals surface area (Å²) >= 11 is 0. The monoisotopic (exact) mass is 239 g/mol. The maximum absolute atomic E-state index is 11.7. The molecule has 1 aromatic rings. The van der Waals surface area contributed by atoms with Gasteiger partial charge in [0.25, 0.3) is 0 Å². The summed E-state index contributed by atoms with van der Waals surface area (Å²) < 4.78 is 6.69. The Bertz CT molecular complexity index is 410. The Balaban J connectivity index is 3.25. The Labute approximate surface area is 102 Å². The van der Waals surface area contributed by atoms with Crippen molar-refractivity contribution in [3.05, 3.63) is 17.0 Å². The molecule has 0 aliphatic heterocycles. The molecule has 17 heavy (non-hydrogen) atoms. The number of esters is 1. The van der Waals surface area contributed by atoms with Crippen molar-refractivity contribution < 1.29 is 9.53 Å². The molecule has 1 aromatic heterocycles. The quantitative estimate of drug-likeness (QED) is 0.804. The van der Waals surface area contributed by atoms with Crippen LogP contribution in [-0.2, 0) is 9.53 Å². The van der Waals surface area contributed by atoms with Gasteiger partial charge in [0.1, 0.15) is 0 Å². The van der Waals surface area contributed by atoms with E-state index in [1.54, 1.807) is 0 Å². The molecule has 1 rings (SSSR count). The Kier molecular flexibility index (Phi) is 4.28. The minimum atomic E-state index is -0.424. The van der Waals surface area contributed by atoms with Gasteiger partial charge in [0.05, 0.1) is 18.7 Å². The van der Waals surface area contributed by atoms with Crippen molar-refractivity contribution in [1.82, 2.24) is 9.78 Å². The van der Waals surface area contributed by atoms with E-state index < -0.39 is 5.92 Å². The summed E-state index contributed by atoms with van der Waals surface area (Å²) in [6.07, 6.45) is 0. The number of aryl methyl sites for hydroxylation is 1. The van der Waals surface area contributed by atoms with Crippen LogP contribution in [-0.4, -0.2) is 29.4 Å². The number of carbonyl (C=O) groups is 1. The number of rotatable bonds is 4. The van der Waals surface area contributed by atoms with E-state index in [1.165, 1.54) is 7.11 Å². The molecule has 0 saturated heterocycles. The van der Waals surface area contributed by atoms with E-state index in [-0.39, 0.29) is 18.6 Å². The van der Waals surface area contributed by atoms with Crippen LogP contribution in [0.1, 0.15) is 42.8 Å². The highest BCUT2D eigenvalue weighted by atomic mass is 16.5. The summed E-state index contributed by atoms with van der Waals surface area (Å²) in [6, 6.07) is 0.263. The van der Waals surface area contributed by atoms with Crippen molar-refractivity contribution in [3.8, 4) is 0 Å². The summed E-state index contributed by atoms with van der Waals surface area (Å²) in [4.78, 5) is 11.7. The van der Waals surface area contributed by atoms with Crippen molar-refractivity contribution in [2.45, 2.75) is 39.7 Å². The molecule has 0 bridgehead atoms. The highest BCUT2D eigenvalue weighted by Crippen LogP contribution is 2.25. The summed E-state index contributed by atoms with van der Waals surface area (Å²) in [7, 11) is 1.38. The number of carbonyl (C=O) groups excluding carboxylic acids is 1. The number of nitrogens with zero attached hydrogens (tertiary/aromatic N) is 2. The molecule has 2 N–H and O–H groups in total. The highest BCUT2D eigenvalue weighted by molar-refractivity contribution is 5.79. The Morgan fingerprint density at radius 3 is 2.41 bits per heavy atom. The molecular weight excluding hydrogens is 218 g/mol. The Morgan fingerprint density at radius 2 is 2.06 bits per heavy atom. The van der Waals surface area contributed by atoms with Gasteiger partial charge in [-0.05, 0) is 27.7 Å². The van der Waals surface area contributed by atoms with Gasteiger partial charge in [0.2, 0.25) is 0 Å². The zero-order valence-electron chi connectivity index (χ0n) is 11.2. The van der Waals surface area contributed by atoms with Gasteiger partial charge in [0, 0.05) is 23.8 Å². The third kappa shape index (κ3) is 2.49. The van der Waals surface area contributed by atoms with Gasteiger partial charge in [-0.3, -0.25) is 9.48 Å². The second-order valence-corrected chi connectivity index (χ2v) is 4.43. The highest BCUT2D eigenvalue weighted by Gasteiger charge is 2.27. The average molecular weight is 239 g/mol. The van der Waals surface area contributed by atoms with Crippen LogP contribution in [0.2, 0.25) is 0 Å². The molecule has 5 nitrogen and oxygen atoms in total. The lowest BCUT2D eigenvalue weighted by atomic mass is 9.97. The molecular formula is C12H21N3O2. The maximum atomic E-state index is 11.7. The fraction of sp³-hybridized carbons (Fsp3) is 0.667. The number of aromatic nitrogens is 2. The molecule has 0 fully saturated rings. The van der Waals surface area contributed by atoms with Crippen LogP contribution in [0.4, 0.5) is 0 Å². The maximum Gasteiger partial charge on any atom is 0.314 e. The van der Waals surface area contributed by atoms with E-state index in [0.717, 1.165) is 17.0 Å². The van der Waals surface area contributed by atoms with Gasteiger partial charge in [-0.1, -0.05) is 0 Å².